The average Bonchev–Trinajstić information content (AvgIpc) is 2.73. The summed E-state index contributed by atoms with van der Waals surface area (Å²) >= 11 is 0. The molecule has 0 amide bonds. The minimum atomic E-state index is -1.71. The van der Waals surface area contributed by atoms with Crippen LogP contribution in [0.25, 0.3) is 11.2 Å². The number of rotatable bonds is 5. The topological polar surface area (TPSA) is 184 Å². The Hall–Kier alpha value is -2.21. The average molecular weight is 302 g/mol. The molecule has 0 fully saturated rings. The molecular weight excluding hydrogens is 288 g/mol. The van der Waals surface area contributed by atoms with Gasteiger partial charge in [0, 0.05) is 0 Å². The first kappa shape index (κ1) is 15.2. The molecule has 11 heteroatoms. The van der Waals surface area contributed by atoms with Crippen LogP contribution in [-0.2, 0) is 6.54 Å². The minimum Gasteiger partial charge on any atom is -0.394 e. The summed E-state index contributed by atoms with van der Waals surface area (Å²) in [7, 11) is 0. The van der Waals surface area contributed by atoms with Crippen molar-refractivity contribution < 1.29 is 20.4 Å². The first-order valence-corrected chi connectivity index (χ1v) is 5.95. The number of aliphatic hydroxyl groups is 4. The van der Waals surface area contributed by atoms with Crippen molar-refractivity contribution in [2.75, 3.05) is 6.61 Å². The molecule has 2 aromatic heterocycles. The number of imidazole rings is 1. The monoisotopic (exact) mass is 302 g/mol. The van der Waals surface area contributed by atoms with Crippen LogP contribution in [0, 0.1) is 0 Å². The standard InChI is InChI=1S/C10H14N4O7/c15-2-4(17)6(18)3(16)1-14-5-7(12-10(14)21)11-9(20)13-8(5)19/h3-4,6,15-18H,1-2H2,(H3,11,12,13,19,20,21)/t3-,4+,6-/m0/s1. The summed E-state index contributed by atoms with van der Waals surface area (Å²) in [4.78, 5) is 40.9. The van der Waals surface area contributed by atoms with Gasteiger partial charge in [-0.3, -0.25) is 24.3 Å². The highest BCUT2D eigenvalue weighted by atomic mass is 16.4. The summed E-state index contributed by atoms with van der Waals surface area (Å²) in [5, 5.41) is 37.2. The van der Waals surface area contributed by atoms with E-state index in [-0.39, 0.29) is 11.2 Å². The Morgan fingerprint density at radius 2 is 1.67 bits per heavy atom. The molecule has 0 saturated carbocycles. The second-order valence-corrected chi connectivity index (χ2v) is 4.48. The summed E-state index contributed by atoms with van der Waals surface area (Å²) in [5.74, 6) is 0. The first-order valence-electron chi connectivity index (χ1n) is 5.95. The van der Waals surface area contributed by atoms with E-state index < -0.39 is 48.4 Å². The maximum Gasteiger partial charge on any atom is 0.327 e. The lowest BCUT2D eigenvalue weighted by Gasteiger charge is -2.21. The predicted octanol–water partition coefficient (Wildman–Crippen LogP) is -4.22. The van der Waals surface area contributed by atoms with E-state index in [1.165, 1.54) is 0 Å². The Bertz CT molecular complexity index is 800. The lowest BCUT2D eigenvalue weighted by Crippen LogP contribution is -2.43. The van der Waals surface area contributed by atoms with Crippen molar-refractivity contribution in [3.63, 3.8) is 0 Å². The van der Waals surface area contributed by atoms with Gasteiger partial charge in [-0.1, -0.05) is 0 Å². The van der Waals surface area contributed by atoms with E-state index in [0.717, 1.165) is 4.57 Å². The molecule has 0 radical (unpaired) electrons. The normalized spacial score (nSPS) is 16.0. The fourth-order valence-electron chi connectivity index (χ4n) is 1.94. The number of H-pyrrole nitrogens is 3. The van der Waals surface area contributed by atoms with Gasteiger partial charge < -0.3 is 20.4 Å². The van der Waals surface area contributed by atoms with Gasteiger partial charge in [0.05, 0.1) is 13.2 Å². The zero-order valence-electron chi connectivity index (χ0n) is 10.6. The summed E-state index contributed by atoms with van der Waals surface area (Å²) < 4.78 is 0.808. The number of hydrogen-bond donors (Lipinski definition) is 7. The van der Waals surface area contributed by atoms with E-state index >= 15 is 0 Å². The molecule has 0 aliphatic carbocycles. The Morgan fingerprint density at radius 1 is 1.00 bits per heavy atom. The van der Waals surface area contributed by atoms with Gasteiger partial charge >= 0.3 is 11.4 Å². The van der Waals surface area contributed by atoms with Gasteiger partial charge in [-0.05, 0) is 0 Å². The SMILES string of the molecule is O=c1[nH]c(=O)c2c([nH]1)[nH]c(=O)n2C[C@H](O)[C@H](O)[C@H](O)CO. The Balaban J connectivity index is 2.44. The Labute approximate surface area is 115 Å². The van der Waals surface area contributed by atoms with Gasteiger partial charge in [0.2, 0.25) is 0 Å². The molecule has 116 valence electrons. The molecule has 2 aromatic rings. The van der Waals surface area contributed by atoms with E-state index in [0.29, 0.717) is 0 Å². The number of aromatic nitrogens is 4. The van der Waals surface area contributed by atoms with Crippen molar-refractivity contribution in [1.82, 2.24) is 19.5 Å². The summed E-state index contributed by atoms with van der Waals surface area (Å²) in [6.45, 7) is -1.30. The second-order valence-electron chi connectivity index (χ2n) is 4.48. The van der Waals surface area contributed by atoms with E-state index in [2.05, 4.69) is 9.97 Å². The van der Waals surface area contributed by atoms with Gasteiger partial charge in [0.25, 0.3) is 5.56 Å². The van der Waals surface area contributed by atoms with Crippen molar-refractivity contribution in [3.8, 4) is 0 Å². The van der Waals surface area contributed by atoms with Crippen molar-refractivity contribution in [2.45, 2.75) is 24.9 Å². The van der Waals surface area contributed by atoms with E-state index in [4.69, 9.17) is 5.11 Å². The molecule has 3 atom stereocenters. The predicted molar refractivity (Wildman–Crippen MR) is 68.9 cm³/mol. The van der Waals surface area contributed by atoms with Crippen LogP contribution in [-0.4, -0.2) is 64.9 Å². The molecule has 0 spiro atoms. The highest BCUT2D eigenvalue weighted by Crippen LogP contribution is 2.05. The molecule has 0 aliphatic rings. The molecule has 7 N–H and O–H groups in total. The molecule has 21 heavy (non-hydrogen) atoms. The molecule has 11 nitrogen and oxygen atoms in total. The smallest absolute Gasteiger partial charge is 0.327 e. The van der Waals surface area contributed by atoms with Gasteiger partial charge in [-0.15, -0.1) is 0 Å². The Morgan fingerprint density at radius 3 is 2.29 bits per heavy atom. The molecule has 2 rings (SSSR count). The van der Waals surface area contributed by atoms with E-state index in [1.54, 1.807) is 0 Å². The van der Waals surface area contributed by atoms with Crippen LogP contribution in [0.15, 0.2) is 14.4 Å². The fraction of sp³-hybridized carbons (Fsp3) is 0.500. The number of aliphatic hydroxyl groups excluding tert-OH is 4. The van der Waals surface area contributed by atoms with Crippen molar-refractivity contribution in [2.24, 2.45) is 0 Å². The minimum absolute atomic E-state index is 0.127. The third kappa shape index (κ3) is 2.80. The number of aromatic amines is 3. The molecule has 2 heterocycles. The molecule has 0 saturated heterocycles. The quantitative estimate of drug-likeness (QED) is 0.291. The van der Waals surface area contributed by atoms with Crippen LogP contribution in [0.2, 0.25) is 0 Å². The maximum absolute atomic E-state index is 11.7. The van der Waals surface area contributed by atoms with E-state index in [1.807, 2.05) is 4.98 Å². The Kier molecular flexibility index (Phi) is 4.09. The maximum atomic E-state index is 11.7. The van der Waals surface area contributed by atoms with Crippen LogP contribution < -0.4 is 16.9 Å². The molecule has 0 aromatic carbocycles. The van der Waals surface area contributed by atoms with Crippen molar-refractivity contribution in [1.29, 1.82) is 0 Å². The lowest BCUT2D eigenvalue weighted by molar-refractivity contribution is -0.0805. The summed E-state index contributed by atoms with van der Waals surface area (Å²) in [5.41, 5.74) is -2.79. The zero-order valence-corrected chi connectivity index (χ0v) is 10.6. The fourth-order valence-corrected chi connectivity index (χ4v) is 1.94. The molecule has 0 bridgehead atoms. The van der Waals surface area contributed by atoms with Gasteiger partial charge in [0.15, 0.2) is 5.52 Å². The molecule has 0 aliphatic heterocycles. The first-order chi connectivity index (χ1) is 9.85. The van der Waals surface area contributed by atoms with Crippen LogP contribution in [0.3, 0.4) is 0 Å². The van der Waals surface area contributed by atoms with Crippen LogP contribution in [0.5, 0.6) is 0 Å². The highest BCUT2D eigenvalue weighted by Gasteiger charge is 2.26. The molecular formula is C10H14N4O7. The van der Waals surface area contributed by atoms with Crippen LogP contribution in [0.1, 0.15) is 0 Å². The third-order valence-corrected chi connectivity index (χ3v) is 3.01. The number of hydrogen-bond acceptors (Lipinski definition) is 7. The van der Waals surface area contributed by atoms with Crippen molar-refractivity contribution in [3.05, 3.63) is 31.3 Å². The summed E-state index contributed by atoms with van der Waals surface area (Å²) in [6.07, 6.45) is -4.93. The zero-order chi connectivity index (χ0) is 15.7. The number of nitrogens with one attached hydrogen (secondary N) is 3. The van der Waals surface area contributed by atoms with Gasteiger partial charge in [-0.2, -0.15) is 0 Å². The van der Waals surface area contributed by atoms with Gasteiger partial charge in [-0.25, -0.2) is 9.59 Å². The largest absolute Gasteiger partial charge is 0.394 e. The van der Waals surface area contributed by atoms with Crippen LogP contribution >= 0.6 is 0 Å². The van der Waals surface area contributed by atoms with Gasteiger partial charge in [0.1, 0.15) is 24.0 Å². The number of nitrogens with zero attached hydrogens (tertiary/aromatic N) is 1. The molecule has 0 unspecified atom stereocenters. The summed E-state index contributed by atoms with van der Waals surface area (Å²) in [6, 6.07) is 0. The third-order valence-electron chi connectivity index (χ3n) is 3.01. The second kappa shape index (κ2) is 5.65. The van der Waals surface area contributed by atoms with E-state index in [9.17, 15) is 29.7 Å². The number of fused-ring (bicyclic) bond motifs is 1. The lowest BCUT2D eigenvalue weighted by atomic mass is 10.1. The van der Waals surface area contributed by atoms with Crippen molar-refractivity contribution >= 4 is 11.2 Å². The highest BCUT2D eigenvalue weighted by molar-refractivity contribution is 5.68. The van der Waals surface area contributed by atoms with Crippen LogP contribution in [0.4, 0.5) is 0 Å².